The number of hydrogen-bond donors (Lipinski definition) is 1. The van der Waals surface area contributed by atoms with Crippen molar-refractivity contribution in [2.24, 2.45) is 5.92 Å². The molecule has 0 unspecified atom stereocenters. The molecule has 5 heteroatoms. The van der Waals surface area contributed by atoms with E-state index in [1.165, 1.54) is 12.8 Å². The molecule has 1 fully saturated rings. The van der Waals surface area contributed by atoms with Crippen molar-refractivity contribution < 1.29 is 9.21 Å². The van der Waals surface area contributed by atoms with Gasteiger partial charge in [-0.3, -0.25) is 4.79 Å². The maximum atomic E-state index is 12.8. The van der Waals surface area contributed by atoms with Gasteiger partial charge in [0.15, 0.2) is 0 Å². The lowest BCUT2D eigenvalue weighted by atomic mass is 9.84. The van der Waals surface area contributed by atoms with E-state index in [1.54, 1.807) is 0 Å². The molecule has 1 saturated carbocycles. The van der Waals surface area contributed by atoms with Crippen LogP contribution in [0.4, 0.5) is 0 Å². The van der Waals surface area contributed by atoms with E-state index < -0.39 is 0 Å². The van der Waals surface area contributed by atoms with Crippen LogP contribution in [-0.4, -0.2) is 16.1 Å². The van der Waals surface area contributed by atoms with Crippen LogP contribution in [0.25, 0.3) is 0 Å². The topological polar surface area (TPSA) is 68.0 Å². The first-order chi connectivity index (χ1) is 11.3. The standard InChI is InChI=1S/C18H23N3O2/c1-2-15-20-21-16(23-15)12-19-18(22)17(14-10-6-7-11-14)13-8-4-3-5-9-13/h3-5,8-9,14,17H,2,6-7,10-12H2,1H3,(H,19,22)/t17-/m0/s1. The highest BCUT2D eigenvalue weighted by Gasteiger charge is 2.31. The molecule has 1 heterocycles. The Bertz CT molecular complexity index is 633. The first-order valence-corrected chi connectivity index (χ1v) is 8.42. The number of rotatable bonds is 6. The molecule has 1 aliphatic carbocycles. The normalized spacial score (nSPS) is 16.4. The number of hydrogen-bond acceptors (Lipinski definition) is 4. The van der Waals surface area contributed by atoms with Gasteiger partial charge in [0.2, 0.25) is 17.7 Å². The van der Waals surface area contributed by atoms with Gasteiger partial charge in [0.1, 0.15) is 0 Å². The lowest BCUT2D eigenvalue weighted by Crippen LogP contribution is -2.32. The number of carbonyl (C=O) groups excluding carboxylic acids is 1. The van der Waals surface area contributed by atoms with Crippen molar-refractivity contribution in [3.05, 3.63) is 47.7 Å². The molecule has 0 radical (unpaired) electrons. The molecular weight excluding hydrogens is 290 g/mol. The fourth-order valence-electron chi connectivity index (χ4n) is 3.36. The molecule has 0 bridgehead atoms. The highest BCUT2D eigenvalue weighted by atomic mass is 16.4. The van der Waals surface area contributed by atoms with Gasteiger partial charge in [-0.2, -0.15) is 0 Å². The van der Waals surface area contributed by atoms with Crippen molar-refractivity contribution in [2.75, 3.05) is 0 Å². The van der Waals surface area contributed by atoms with Crippen molar-refractivity contribution in [2.45, 2.75) is 51.5 Å². The summed E-state index contributed by atoms with van der Waals surface area (Å²) in [7, 11) is 0. The Morgan fingerprint density at radius 1 is 1.22 bits per heavy atom. The maximum absolute atomic E-state index is 12.8. The third kappa shape index (κ3) is 3.78. The molecule has 0 spiro atoms. The van der Waals surface area contributed by atoms with Gasteiger partial charge < -0.3 is 9.73 Å². The molecule has 0 saturated heterocycles. The number of carbonyl (C=O) groups is 1. The Hall–Kier alpha value is -2.17. The molecule has 1 aromatic heterocycles. The fraction of sp³-hybridized carbons (Fsp3) is 0.500. The number of benzene rings is 1. The van der Waals surface area contributed by atoms with Gasteiger partial charge in [0.25, 0.3) is 0 Å². The van der Waals surface area contributed by atoms with Crippen LogP contribution in [0.2, 0.25) is 0 Å². The van der Waals surface area contributed by atoms with E-state index in [2.05, 4.69) is 15.5 Å². The maximum Gasteiger partial charge on any atom is 0.235 e. The number of amides is 1. The van der Waals surface area contributed by atoms with Gasteiger partial charge in [0.05, 0.1) is 12.5 Å². The monoisotopic (exact) mass is 313 g/mol. The van der Waals surface area contributed by atoms with E-state index in [0.717, 1.165) is 18.4 Å². The summed E-state index contributed by atoms with van der Waals surface area (Å²) >= 11 is 0. The summed E-state index contributed by atoms with van der Waals surface area (Å²) < 4.78 is 5.46. The van der Waals surface area contributed by atoms with Gasteiger partial charge in [0, 0.05) is 6.42 Å². The van der Waals surface area contributed by atoms with Crippen LogP contribution in [0.1, 0.15) is 55.9 Å². The van der Waals surface area contributed by atoms with E-state index in [-0.39, 0.29) is 11.8 Å². The van der Waals surface area contributed by atoms with Gasteiger partial charge in [-0.05, 0) is 24.3 Å². The Morgan fingerprint density at radius 2 is 1.91 bits per heavy atom. The number of aryl methyl sites for hydroxylation is 1. The average molecular weight is 313 g/mol. The molecule has 1 aromatic carbocycles. The zero-order valence-corrected chi connectivity index (χ0v) is 13.5. The molecule has 5 nitrogen and oxygen atoms in total. The highest BCUT2D eigenvalue weighted by Crippen LogP contribution is 2.37. The molecule has 1 aliphatic rings. The second kappa shape index (κ2) is 7.40. The molecular formula is C18H23N3O2. The summed E-state index contributed by atoms with van der Waals surface area (Å²) in [6.45, 7) is 2.25. The van der Waals surface area contributed by atoms with Crippen molar-refractivity contribution >= 4 is 5.91 Å². The van der Waals surface area contributed by atoms with Crippen molar-refractivity contribution in [1.29, 1.82) is 0 Å². The third-order valence-electron chi connectivity index (χ3n) is 4.54. The lowest BCUT2D eigenvalue weighted by Gasteiger charge is -2.22. The van der Waals surface area contributed by atoms with E-state index >= 15 is 0 Å². The second-order valence-electron chi connectivity index (χ2n) is 6.09. The lowest BCUT2D eigenvalue weighted by molar-refractivity contribution is -0.124. The minimum atomic E-state index is -0.0905. The Balaban J connectivity index is 1.69. The minimum Gasteiger partial charge on any atom is -0.423 e. The van der Waals surface area contributed by atoms with Crippen LogP contribution in [0.5, 0.6) is 0 Å². The third-order valence-corrected chi connectivity index (χ3v) is 4.54. The summed E-state index contributed by atoms with van der Waals surface area (Å²) in [4.78, 5) is 12.8. The number of aromatic nitrogens is 2. The van der Waals surface area contributed by atoms with E-state index in [9.17, 15) is 4.79 Å². The van der Waals surface area contributed by atoms with E-state index in [4.69, 9.17) is 4.42 Å². The van der Waals surface area contributed by atoms with E-state index in [0.29, 0.717) is 30.7 Å². The van der Waals surface area contributed by atoms with Gasteiger partial charge in [-0.25, -0.2) is 0 Å². The second-order valence-corrected chi connectivity index (χ2v) is 6.09. The average Bonchev–Trinajstić information content (AvgIpc) is 3.26. The number of nitrogens with zero attached hydrogens (tertiary/aromatic N) is 2. The Kier molecular flexibility index (Phi) is 5.05. The zero-order chi connectivity index (χ0) is 16.1. The summed E-state index contributed by atoms with van der Waals surface area (Å²) in [5, 5.41) is 10.9. The SMILES string of the molecule is CCc1nnc(CNC(=O)[C@@H](c2ccccc2)C2CCCC2)o1. The van der Waals surface area contributed by atoms with Crippen LogP contribution in [0, 0.1) is 5.92 Å². The molecule has 122 valence electrons. The first-order valence-electron chi connectivity index (χ1n) is 8.42. The Labute approximate surface area is 136 Å². The fourth-order valence-corrected chi connectivity index (χ4v) is 3.36. The van der Waals surface area contributed by atoms with Crippen LogP contribution >= 0.6 is 0 Å². The molecule has 1 N–H and O–H groups in total. The molecule has 2 aromatic rings. The predicted molar refractivity (Wildman–Crippen MR) is 86.7 cm³/mol. The van der Waals surface area contributed by atoms with Gasteiger partial charge in [-0.1, -0.05) is 50.1 Å². The van der Waals surface area contributed by atoms with Crippen molar-refractivity contribution in [3.8, 4) is 0 Å². The van der Waals surface area contributed by atoms with Gasteiger partial charge >= 0.3 is 0 Å². The summed E-state index contributed by atoms with van der Waals surface area (Å²) in [6.07, 6.45) is 5.37. The smallest absolute Gasteiger partial charge is 0.235 e. The van der Waals surface area contributed by atoms with Crippen LogP contribution in [0.3, 0.4) is 0 Å². The molecule has 1 atom stereocenters. The quantitative estimate of drug-likeness (QED) is 0.889. The Morgan fingerprint density at radius 3 is 2.57 bits per heavy atom. The number of nitrogens with one attached hydrogen (secondary N) is 1. The molecule has 0 aliphatic heterocycles. The van der Waals surface area contributed by atoms with E-state index in [1.807, 2.05) is 37.3 Å². The minimum absolute atomic E-state index is 0.0550. The van der Waals surface area contributed by atoms with Gasteiger partial charge in [-0.15, -0.1) is 10.2 Å². The largest absolute Gasteiger partial charge is 0.423 e. The van der Waals surface area contributed by atoms with Crippen molar-refractivity contribution in [3.63, 3.8) is 0 Å². The summed E-state index contributed by atoms with van der Waals surface area (Å²) in [5.74, 6) is 1.45. The molecule has 23 heavy (non-hydrogen) atoms. The van der Waals surface area contributed by atoms with Crippen molar-refractivity contribution in [1.82, 2.24) is 15.5 Å². The first kappa shape index (κ1) is 15.7. The van der Waals surface area contributed by atoms with Crippen LogP contribution in [0.15, 0.2) is 34.7 Å². The highest BCUT2D eigenvalue weighted by molar-refractivity contribution is 5.84. The molecule has 1 amide bonds. The summed E-state index contributed by atoms with van der Waals surface area (Å²) in [5.41, 5.74) is 1.09. The predicted octanol–water partition coefficient (Wildman–Crippen LogP) is 3.22. The molecule has 3 rings (SSSR count). The summed E-state index contributed by atoms with van der Waals surface area (Å²) in [6, 6.07) is 10.1. The van der Waals surface area contributed by atoms with Crippen LogP contribution in [-0.2, 0) is 17.8 Å². The van der Waals surface area contributed by atoms with Crippen LogP contribution < -0.4 is 5.32 Å². The zero-order valence-electron chi connectivity index (χ0n) is 13.5.